The van der Waals surface area contributed by atoms with Crippen LogP contribution in [0.4, 0.5) is 10.7 Å². The zero-order valence-electron chi connectivity index (χ0n) is 14.0. The highest BCUT2D eigenvalue weighted by molar-refractivity contribution is 5.68. The molecule has 1 saturated heterocycles. The highest BCUT2D eigenvalue weighted by Gasteiger charge is 2.27. The Bertz CT molecular complexity index is 654. The molecule has 1 amide bonds. The van der Waals surface area contributed by atoms with Crippen molar-refractivity contribution in [1.29, 1.82) is 0 Å². The number of nitrogens with zero attached hydrogens (tertiary/aromatic N) is 3. The molecular weight excluding hydrogens is 296 g/mol. The van der Waals surface area contributed by atoms with Crippen LogP contribution >= 0.6 is 0 Å². The zero-order valence-corrected chi connectivity index (χ0v) is 14.0. The Hall–Kier alpha value is -2.05. The first-order chi connectivity index (χ1) is 10.8. The molecule has 2 heterocycles. The molecule has 1 N–H and O–H groups in total. The molecule has 1 aliphatic carbocycles. The Morgan fingerprint density at radius 3 is 2.52 bits per heavy atom. The molecule has 126 valence electrons. The molecular formula is C16H24N4O3. The van der Waals surface area contributed by atoms with Gasteiger partial charge < -0.3 is 14.5 Å². The maximum absolute atomic E-state index is 12.1. The molecule has 7 nitrogen and oxygen atoms in total. The summed E-state index contributed by atoms with van der Waals surface area (Å²) in [5, 5.41) is 0. The molecule has 0 bridgehead atoms. The first-order valence-electron chi connectivity index (χ1n) is 8.18. The molecule has 7 heteroatoms. The normalized spacial score (nSPS) is 18.0. The van der Waals surface area contributed by atoms with Gasteiger partial charge in [-0.1, -0.05) is 0 Å². The lowest BCUT2D eigenvalue weighted by atomic mass is 10.2. The predicted octanol–water partition coefficient (Wildman–Crippen LogP) is 1.32. The van der Waals surface area contributed by atoms with Crippen LogP contribution in [-0.2, 0) is 17.6 Å². The molecule has 2 aliphatic rings. The Kier molecular flexibility index (Phi) is 4.04. The first kappa shape index (κ1) is 15.8. The molecule has 23 heavy (non-hydrogen) atoms. The van der Waals surface area contributed by atoms with E-state index in [0.717, 1.165) is 30.5 Å². The van der Waals surface area contributed by atoms with E-state index in [1.807, 2.05) is 25.7 Å². The van der Waals surface area contributed by atoms with Crippen molar-refractivity contribution in [3.05, 3.63) is 21.6 Å². The lowest BCUT2D eigenvalue weighted by Crippen LogP contribution is -2.50. The Labute approximate surface area is 135 Å². The van der Waals surface area contributed by atoms with Crippen molar-refractivity contribution >= 4 is 12.0 Å². The van der Waals surface area contributed by atoms with Gasteiger partial charge in [-0.15, -0.1) is 0 Å². The largest absolute Gasteiger partial charge is 0.444 e. The van der Waals surface area contributed by atoms with Gasteiger partial charge in [-0.3, -0.25) is 9.78 Å². The monoisotopic (exact) mass is 320 g/mol. The number of hydrogen-bond donors (Lipinski definition) is 1. The summed E-state index contributed by atoms with van der Waals surface area (Å²) in [7, 11) is 0. The van der Waals surface area contributed by atoms with E-state index in [2.05, 4.69) is 9.97 Å². The molecule has 0 saturated carbocycles. The van der Waals surface area contributed by atoms with Crippen LogP contribution in [0.1, 0.15) is 38.4 Å². The number of fused-ring (bicyclic) bond motifs is 1. The van der Waals surface area contributed by atoms with Gasteiger partial charge in [-0.25, -0.2) is 9.78 Å². The number of aromatic nitrogens is 2. The predicted molar refractivity (Wildman–Crippen MR) is 86.9 cm³/mol. The van der Waals surface area contributed by atoms with E-state index in [4.69, 9.17) is 4.74 Å². The fraction of sp³-hybridized carbons (Fsp3) is 0.688. The summed E-state index contributed by atoms with van der Waals surface area (Å²) in [6, 6.07) is 0. The summed E-state index contributed by atoms with van der Waals surface area (Å²) in [4.78, 5) is 35.4. The Morgan fingerprint density at radius 1 is 1.17 bits per heavy atom. The second-order valence-electron chi connectivity index (χ2n) is 7.12. The average molecular weight is 320 g/mol. The number of aryl methyl sites for hydroxylation is 1. The number of amides is 1. The molecule has 1 aliphatic heterocycles. The maximum Gasteiger partial charge on any atom is 0.410 e. The highest BCUT2D eigenvalue weighted by Crippen LogP contribution is 2.19. The summed E-state index contributed by atoms with van der Waals surface area (Å²) in [6.45, 7) is 7.99. The SMILES string of the molecule is CC(C)(C)OC(=O)N1CCN(c2nc3c(c(=O)[nH]2)CCC3)CC1. The number of anilines is 1. The minimum absolute atomic E-state index is 0.0166. The molecule has 3 rings (SSSR count). The topological polar surface area (TPSA) is 78.5 Å². The standard InChI is InChI=1S/C16H24N4O3/c1-16(2,3)23-15(22)20-9-7-19(8-10-20)14-17-12-6-4-5-11(12)13(21)18-14/h4-10H2,1-3H3,(H,17,18,21). The van der Waals surface area contributed by atoms with Gasteiger partial charge in [0.2, 0.25) is 5.95 Å². The second kappa shape index (κ2) is 5.86. The van der Waals surface area contributed by atoms with Gasteiger partial charge in [0.15, 0.2) is 0 Å². The Balaban J connectivity index is 1.65. The van der Waals surface area contributed by atoms with E-state index in [9.17, 15) is 9.59 Å². The third-order valence-electron chi connectivity index (χ3n) is 4.16. The minimum Gasteiger partial charge on any atom is -0.444 e. The van der Waals surface area contributed by atoms with E-state index < -0.39 is 5.60 Å². The van der Waals surface area contributed by atoms with Crippen LogP contribution in [-0.4, -0.2) is 52.7 Å². The van der Waals surface area contributed by atoms with E-state index >= 15 is 0 Å². The average Bonchev–Trinajstić information content (AvgIpc) is 2.94. The summed E-state index contributed by atoms with van der Waals surface area (Å²) < 4.78 is 5.39. The molecule has 1 aromatic heterocycles. The molecule has 0 spiro atoms. The van der Waals surface area contributed by atoms with Crippen LogP contribution in [0, 0.1) is 0 Å². The fourth-order valence-electron chi connectivity index (χ4n) is 3.01. The first-order valence-corrected chi connectivity index (χ1v) is 8.18. The number of rotatable bonds is 1. The van der Waals surface area contributed by atoms with Crippen molar-refractivity contribution in [3.8, 4) is 0 Å². The third kappa shape index (κ3) is 3.48. The van der Waals surface area contributed by atoms with Crippen LogP contribution in [0.2, 0.25) is 0 Å². The number of piperazine rings is 1. The number of carbonyl (C=O) groups is 1. The summed E-state index contributed by atoms with van der Waals surface area (Å²) in [5.74, 6) is 0.625. The van der Waals surface area contributed by atoms with Crippen LogP contribution in [0.5, 0.6) is 0 Å². The van der Waals surface area contributed by atoms with Crippen LogP contribution < -0.4 is 10.5 Å². The van der Waals surface area contributed by atoms with E-state index in [0.29, 0.717) is 32.1 Å². The van der Waals surface area contributed by atoms with Crippen molar-refractivity contribution in [2.75, 3.05) is 31.1 Å². The van der Waals surface area contributed by atoms with E-state index in [1.165, 1.54) is 0 Å². The Morgan fingerprint density at radius 2 is 1.87 bits per heavy atom. The molecule has 0 unspecified atom stereocenters. The number of nitrogens with one attached hydrogen (secondary N) is 1. The maximum atomic E-state index is 12.1. The lowest BCUT2D eigenvalue weighted by molar-refractivity contribution is 0.0240. The van der Waals surface area contributed by atoms with Crippen molar-refractivity contribution in [1.82, 2.24) is 14.9 Å². The lowest BCUT2D eigenvalue weighted by Gasteiger charge is -2.35. The number of ether oxygens (including phenoxy) is 1. The highest BCUT2D eigenvalue weighted by atomic mass is 16.6. The number of carbonyl (C=O) groups excluding carboxylic acids is 1. The summed E-state index contributed by atoms with van der Waals surface area (Å²) in [6.07, 6.45) is 2.42. The van der Waals surface area contributed by atoms with Crippen LogP contribution in [0.25, 0.3) is 0 Å². The van der Waals surface area contributed by atoms with Gasteiger partial charge in [-0.2, -0.15) is 0 Å². The van der Waals surface area contributed by atoms with Gasteiger partial charge in [0, 0.05) is 31.7 Å². The minimum atomic E-state index is -0.485. The molecule has 0 atom stereocenters. The molecule has 0 aromatic carbocycles. The number of hydrogen-bond acceptors (Lipinski definition) is 5. The zero-order chi connectivity index (χ0) is 16.6. The van der Waals surface area contributed by atoms with Gasteiger partial charge in [0.1, 0.15) is 5.60 Å². The van der Waals surface area contributed by atoms with E-state index in [1.54, 1.807) is 4.90 Å². The second-order valence-corrected chi connectivity index (χ2v) is 7.12. The van der Waals surface area contributed by atoms with Crippen LogP contribution in [0.3, 0.4) is 0 Å². The molecule has 1 fully saturated rings. The van der Waals surface area contributed by atoms with Crippen molar-refractivity contribution in [2.45, 2.75) is 45.6 Å². The van der Waals surface area contributed by atoms with Crippen molar-refractivity contribution in [3.63, 3.8) is 0 Å². The van der Waals surface area contributed by atoms with Crippen molar-refractivity contribution < 1.29 is 9.53 Å². The van der Waals surface area contributed by atoms with Crippen molar-refractivity contribution in [2.24, 2.45) is 0 Å². The number of H-pyrrole nitrogens is 1. The number of aromatic amines is 1. The molecule has 0 radical (unpaired) electrons. The fourth-order valence-corrected chi connectivity index (χ4v) is 3.01. The van der Waals surface area contributed by atoms with Gasteiger partial charge in [0.25, 0.3) is 5.56 Å². The summed E-state index contributed by atoms with van der Waals surface area (Å²) >= 11 is 0. The van der Waals surface area contributed by atoms with Gasteiger partial charge in [0.05, 0.1) is 5.69 Å². The van der Waals surface area contributed by atoms with Crippen LogP contribution in [0.15, 0.2) is 4.79 Å². The van der Waals surface area contributed by atoms with Gasteiger partial charge in [-0.05, 0) is 40.0 Å². The van der Waals surface area contributed by atoms with Gasteiger partial charge >= 0.3 is 6.09 Å². The van der Waals surface area contributed by atoms with E-state index in [-0.39, 0.29) is 11.7 Å². The molecule has 1 aromatic rings. The third-order valence-corrected chi connectivity index (χ3v) is 4.16. The quantitative estimate of drug-likeness (QED) is 0.844. The smallest absolute Gasteiger partial charge is 0.410 e. The summed E-state index contributed by atoms with van der Waals surface area (Å²) in [5.41, 5.74) is 1.26.